The van der Waals surface area contributed by atoms with Gasteiger partial charge >= 0.3 is 0 Å². The van der Waals surface area contributed by atoms with Crippen LogP contribution in [-0.2, 0) is 5.54 Å². The third-order valence-electron chi connectivity index (χ3n) is 4.29. The summed E-state index contributed by atoms with van der Waals surface area (Å²) in [6.45, 7) is 4.44. The van der Waals surface area contributed by atoms with Crippen molar-refractivity contribution < 1.29 is 0 Å². The average molecular weight is 272 g/mol. The molecule has 110 valence electrons. The number of unbranched alkanes of at least 4 members (excludes halogenated alkanes) is 3. The van der Waals surface area contributed by atoms with Crippen molar-refractivity contribution in [1.29, 1.82) is 5.26 Å². The van der Waals surface area contributed by atoms with Crippen molar-refractivity contribution >= 4 is 0 Å². The highest BCUT2D eigenvalue weighted by atomic mass is 15.1. The van der Waals surface area contributed by atoms with E-state index in [0.717, 1.165) is 12.0 Å². The molecule has 0 bridgehead atoms. The number of nitrogens with zero attached hydrogens (tertiary/aromatic N) is 2. The highest BCUT2D eigenvalue weighted by molar-refractivity contribution is 5.32. The summed E-state index contributed by atoms with van der Waals surface area (Å²) in [5.74, 6) is 0.321. The van der Waals surface area contributed by atoms with E-state index in [0.29, 0.717) is 5.92 Å². The third kappa shape index (κ3) is 3.61. The van der Waals surface area contributed by atoms with Crippen molar-refractivity contribution in [3.05, 3.63) is 35.9 Å². The molecule has 2 unspecified atom stereocenters. The molecule has 0 aliphatic heterocycles. The van der Waals surface area contributed by atoms with Crippen LogP contribution in [0.4, 0.5) is 0 Å². The first-order valence-electron chi connectivity index (χ1n) is 7.73. The SMILES string of the molecule is CCCCCCC(C)C(C#N)(c1ccccc1)N(C)C. The molecule has 0 aliphatic carbocycles. The summed E-state index contributed by atoms with van der Waals surface area (Å²) in [5.41, 5.74) is 0.587. The molecule has 20 heavy (non-hydrogen) atoms. The van der Waals surface area contributed by atoms with E-state index in [1.807, 2.05) is 32.3 Å². The van der Waals surface area contributed by atoms with Gasteiger partial charge < -0.3 is 0 Å². The van der Waals surface area contributed by atoms with Gasteiger partial charge in [-0.3, -0.25) is 4.90 Å². The van der Waals surface area contributed by atoms with Crippen LogP contribution >= 0.6 is 0 Å². The fourth-order valence-corrected chi connectivity index (χ4v) is 3.04. The lowest BCUT2D eigenvalue weighted by atomic mass is 9.76. The number of benzene rings is 1. The smallest absolute Gasteiger partial charge is 0.136 e. The average Bonchev–Trinajstić information content (AvgIpc) is 2.46. The summed E-state index contributed by atoms with van der Waals surface area (Å²) in [4.78, 5) is 2.08. The van der Waals surface area contributed by atoms with Crippen molar-refractivity contribution in [2.75, 3.05) is 14.1 Å². The molecule has 0 saturated carbocycles. The summed E-state index contributed by atoms with van der Waals surface area (Å²) >= 11 is 0. The zero-order valence-electron chi connectivity index (χ0n) is 13.4. The van der Waals surface area contributed by atoms with Crippen LogP contribution in [0.15, 0.2) is 30.3 Å². The maximum atomic E-state index is 9.88. The van der Waals surface area contributed by atoms with Crippen molar-refractivity contribution in [2.24, 2.45) is 5.92 Å². The van der Waals surface area contributed by atoms with E-state index in [1.165, 1.54) is 25.7 Å². The minimum atomic E-state index is -0.520. The fourth-order valence-electron chi connectivity index (χ4n) is 3.04. The van der Waals surface area contributed by atoms with Crippen molar-refractivity contribution in [3.63, 3.8) is 0 Å². The van der Waals surface area contributed by atoms with Crippen LogP contribution in [0, 0.1) is 17.2 Å². The molecular formula is C18H28N2. The van der Waals surface area contributed by atoms with E-state index in [4.69, 9.17) is 0 Å². The highest BCUT2D eigenvalue weighted by Gasteiger charge is 2.40. The molecule has 2 heteroatoms. The second kappa shape index (κ2) is 8.07. The molecule has 0 saturated heterocycles. The Hall–Kier alpha value is -1.33. The first kappa shape index (κ1) is 16.7. The van der Waals surface area contributed by atoms with E-state index < -0.39 is 5.54 Å². The largest absolute Gasteiger partial charge is 0.288 e. The van der Waals surface area contributed by atoms with E-state index >= 15 is 0 Å². The van der Waals surface area contributed by atoms with Crippen molar-refractivity contribution in [1.82, 2.24) is 4.90 Å². The Bertz CT molecular complexity index is 419. The molecule has 1 aromatic carbocycles. The Morgan fingerprint density at radius 3 is 2.30 bits per heavy atom. The van der Waals surface area contributed by atoms with Crippen LogP contribution in [0.25, 0.3) is 0 Å². The molecule has 0 spiro atoms. The normalized spacial score (nSPS) is 15.6. The minimum absolute atomic E-state index is 0.321. The van der Waals surface area contributed by atoms with Gasteiger partial charge in [0.05, 0.1) is 6.07 Å². The quantitative estimate of drug-likeness (QED) is 0.648. The lowest BCUT2D eigenvalue weighted by Gasteiger charge is -2.39. The van der Waals surface area contributed by atoms with Gasteiger partial charge in [-0.25, -0.2) is 0 Å². The van der Waals surface area contributed by atoms with Gasteiger partial charge in [-0.2, -0.15) is 5.26 Å². The zero-order chi connectivity index (χ0) is 15.0. The molecule has 0 fully saturated rings. The Morgan fingerprint density at radius 2 is 1.80 bits per heavy atom. The molecule has 0 aromatic heterocycles. The molecule has 1 aromatic rings. The molecule has 0 amide bonds. The van der Waals surface area contributed by atoms with E-state index in [2.05, 4.69) is 36.9 Å². The predicted molar refractivity (Wildman–Crippen MR) is 85.3 cm³/mol. The van der Waals surface area contributed by atoms with E-state index in [9.17, 15) is 5.26 Å². The lowest BCUT2D eigenvalue weighted by molar-refractivity contribution is 0.136. The second-order valence-electron chi connectivity index (χ2n) is 5.89. The minimum Gasteiger partial charge on any atom is -0.288 e. The number of hydrogen-bond acceptors (Lipinski definition) is 2. The van der Waals surface area contributed by atoms with Crippen molar-refractivity contribution in [2.45, 2.75) is 51.5 Å². The van der Waals surface area contributed by atoms with E-state index in [-0.39, 0.29) is 0 Å². The van der Waals surface area contributed by atoms with Gasteiger partial charge in [0, 0.05) is 0 Å². The fraction of sp³-hybridized carbons (Fsp3) is 0.611. The third-order valence-corrected chi connectivity index (χ3v) is 4.29. The van der Waals surface area contributed by atoms with Crippen LogP contribution in [0.2, 0.25) is 0 Å². The zero-order valence-corrected chi connectivity index (χ0v) is 13.4. The maximum Gasteiger partial charge on any atom is 0.136 e. The van der Waals surface area contributed by atoms with Gasteiger partial charge in [0.2, 0.25) is 0 Å². The summed E-state index contributed by atoms with van der Waals surface area (Å²) < 4.78 is 0. The molecule has 2 nitrogen and oxygen atoms in total. The van der Waals surface area contributed by atoms with Gasteiger partial charge in [-0.15, -0.1) is 0 Å². The Morgan fingerprint density at radius 1 is 1.15 bits per heavy atom. The first-order chi connectivity index (χ1) is 9.59. The number of hydrogen-bond donors (Lipinski definition) is 0. The molecule has 2 atom stereocenters. The van der Waals surface area contributed by atoms with Gasteiger partial charge in [0.15, 0.2) is 0 Å². The maximum absolute atomic E-state index is 9.88. The lowest BCUT2D eigenvalue weighted by Crippen LogP contribution is -2.45. The van der Waals surface area contributed by atoms with Gasteiger partial charge in [0.1, 0.15) is 5.54 Å². The van der Waals surface area contributed by atoms with Gasteiger partial charge in [0.25, 0.3) is 0 Å². The summed E-state index contributed by atoms with van der Waals surface area (Å²) in [6.07, 6.45) is 6.12. The Kier molecular flexibility index (Phi) is 6.75. The molecule has 0 aliphatic rings. The molecule has 1 rings (SSSR count). The molecular weight excluding hydrogens is 244 g/mol. The van der Waals surface area contributed by atoms with Crippen LogP contribution in [0.5, 0.6) is 0 Å². The second-order valence-corrected chi connectivity index (χ2v) is 5.89. The van der Waals surface area contributed by atoms with E-state index in [1.54, 1.807) is 0 Å². The summed E-state index contributed by atoms with van der Waals surface area (Å²) in [5, 5.41) is 9.88. The first-order valence-corrected chi connectivity index (χ1v) is 7.73. The van der Waals surface area contributed by atoms with Crippen molar-refractivity contribution in [3.8, 4) is 6.07 Å². The van der Waals surface area contributed by atoms with Crippen LogP contribution in [0.1, 0.15) is 51.5 Å². The van der Waals surface area contributed by atoms with Crippen LogP contribution in [0.3, 0.4) is 0 Å². The molecule has 0 N–H and O–H groups in total. The van der Waals surface area contributed by atoms with Gasteiger partial charge in [-0.05, 0) is 32.0 Å². The summed E-state index contributed by atoms with van der Waals surface area (Å²) in [7, 11) is 4.03. The van der Waals surface area contributed by atoms with Crippen LogP contribution in [-0.4, -0.2) is 19.0 Å². The number of rotatable bonds is 8. The topological polar surface area (TPSA) is 27.0 Å². The Balaban J connectivity index is 2.92. The number of nitriles is 1. The summed E-state index contributed by atoms with van der Waals surface area (Å²) in [6, 6.07) is 12.8. The van der Waals surface area contributed by atoms with Gasteiger partial charge in [-0.1, -0.05) is 69.9 Å². The molecule has 0 heterocycles. The standard InChI is InChI=1S/C18H28N2/c1-5-6-7-9-12-16(2)18(15-19,20(3)4)17-13-10-8-11-14-17/h8,10-11,13-14,16H,5-7,9,12H2,1-4H3. The van der Waals surface area contributed by atoms with Crippen LogP contribution < -0.4 is 0 Å². The Labute approximate surface area is 124 Å². The highest BCUT2D eigenvalue weighted by Crippen LogP contribution is 2.36. The molecule has 0 radical (unpaired) electrons. The predicted octanol–water partition coefficient (Wildman–Crippen LogP) is 4.57. The monoisotopic (exact) mass is 272 g/mol.